The van der Waals surface area contributed by atoms with Crippen LogP contribution in [0.15, 0.2) is 45.5 Å². The van der Waals surface area contributed by atoms with Gasteiger partial charge < -0.3 is 9.15 Å². The second kappa shape index (κ2) is 5.19. The summed E-state index contributed by atoms with van der Waals surface area (Å²) < 4.78 is 10.8. The molecule has 3 nitrogen and oxygen atoms in total. The van der Waals surface area contributed by atoms with E-state index in [4.69, 9.17) is 9.15 Å². The summed E-state index contributed by atoms with van der Waals surface area (Å²) in [5.74, 6) is 1.11. The van der Waals surface area contributed by atoms with Crippen LogP contribution in [0.25, 0.3) is 0 Å². The van der Waals surface area contributed by atoms with E-state index < -0.39 is 0 Å². The molecular weight excluding hydrogens is 284 g/mol. The summed E-state index contributed by atoms with van der Waals surface area (Å²) in [5, 5.41) is 0. The van der Waals surface area contributed by atoms with E-state index in [1.54, 1.807) is 19.2 Å². The molecule has 88 valence electrons. The molecule has 0 unspecified atom stereocenters. The van der Waals surface area contributed by atoms with Crippen LogP contribution in [0.2, 0.25) is 0 Å². The van der Waals surface area contributed by atoms with Crippen molar-refractivity contribution in [2.24, 2.45) is 0 Å². The van der Waals surface area contributed by atoms with Crippen LogP contribution in [0.4, 0.5) is 0 Å². The smallest absolute Gasteiger partial charge is 0.202 e. The number of hydrogen-bond donors (Lipinski definition) is 0. The Morgan fingerprint density at radius 2 is 1.94 bits per heavy atom. The Bertz CT molecular complexity index is 514. The molecule has 1 aromatic heterocycles. The van der Waals surface area contributed by atoms with Crippen LogP contribution in [0.1, 0.15) is 16.1 Å². The number of ketones is 1. The number of methoxy groups -OCH3 is 1. The van der Waals surface area contributed by atoms with Crippen LogP contribution in [-0.2, 0) is 6.42 Å². The molecule has 0 saturated heterocycles. The topological polar surface area (TPSA) is 39.4 Å². The maximum absolute atomic E-state index is 11.8. The number of carbonyl (C=O) groups is 1. The molecule has 1 heterocycles. The molecule has 17 heavy (non-hydrogen) atoms. The van der Waals surface area contributed by atoms with Gasteiger partial charge in [0, 0.05) is 6.42 Å². The third kappa shape index (κ3) is 2.97. The summed E-state index contributed by atoms with van der Waals surface area (Å²) in [4.78, 5) is 11.8. The number of carbonyl (C=O) groups excluding carboxylic acids is 1. The summed E-state index contributed by atoms with van der Waals surface area (Å²) in [7, 11) is 1.61. The van der Waals surface area contributed by atoms with Gasteiger partial charge in [-0.05, 0) is 45.8 Å². The van der Waals surface area contributed by atoms with Gasteiger partial charge in [-0.1, -0.05) is 12.1 Å². The van der Waals surface area contributed by atoms with Gasteiger partial charge >= 0.3 is 0 Å². The fraction of sp³-hybridized carbons (Fsp3) is 0.154. The average molecular weight is 295 g/mol. The fourth-order valence-corrected chi connectivity index (χ4v) is 1.79. The van der Waals surface area contributed by atoms with Gasteiger partial charge in [0.15, 0.2) is 10.4 Å². The van der Waals surface area contributed by atoms with Gasteiger partial charge in [0.25, 0.3) is 0 Å². The molecule has 0 saturated carbocycles. The lowest BCUT2D eigenvalue weighted by Gasteiger charge is -2.01. The monoisotopic (exact) mass is 294 g/mol. The highest BCUT2D eigenvalue weighted by Gasteiger charge is 2.11. The normalized spacial score (nSPS) is 10.2. The molecule has 0 radical (unpaired) electrons. The van der Waals surface area contributed by atoms with Crippen molar-refractivity contribution in [2.45, 2.75) is 6.42 Å². The van der Waals surface area contributed by atoms with Crippen molar-refractivity contribution in [1.82, 2.24) is 0 Å². The third-order valence-electron chi connectivity index (χ3n) is 2.37. The van der Waals surface area contributed by atoms with Crippen LogP contribution in [-0.4, -0.2) is 12.9 Å². The number of rotatable bonds is 4. The Morgan fingerprint density at radius 3 is 2.47 bits per heavy atom. The van der Waals surface area contributed by atoms with Gasteiger partial charge in [0.1, 0.15) is 5.75 Å². The Balaban J connectivity index is 2.07. The Kier molecular flexibility index (Phi) is 3.64. The second-order valence-electron chi connectivity index (χ2n) is 3.55. The lowest BCUT2D eigenvalue weighted by molar-refractivity contribution is 0.0965. The quantitative estimate of drug-likeness (QED) is 0.811. The number of ether oxygens (including phenoxy) is 1. The summed E-state index contributed by atoms with van der Waals surface area (Å²) in [6.45, 7) is 0. The van der Waals surface area contributed by atoms with Crippen molar-refractivity contribution in [1.29, 1.82) is 0 Å². The Labute approximate surface area is 108 Å². The molecule has 2 rings (SSSR count). The van der Waals surface area contributed by atoms with Crippen LogP contribution < -0.4 is 4.74 Å². The van der Waals surface area contributed by atoms with Crippen LogP contribution in [0.3, 0.4) is 0 Å². The molecule has 2 aromatic rings. The van der Waals surface area contributed by atoms with E-state index in [1.807, 2.05) is 24.3 Å². The lowest BCUT2D eigenvalue weighted by Crippen LogP contribution is -2.01. The summed E-state index contributed by atoms with van der Waals surface area (Å²) in [6, 6.07) is 10.8. The van der Waals surface area contributed by atoms with E-state index in [-0.39, 0.29) is 5.78 Å². The first-order valence-electron chi connectivity index (χ1n) is 5.10. The zero-order valence-electron chi connectivity index (χ0n) is 9.27. The molecule has 4 heteroatoms. The molecule has 0 amide bonds. The van der Waals surface area contributed by atoms with Crippen LogP contribution >= 0.6 is 15.9 Å². The SMILES string of the molecule is COc1ccc(CC(=O)c2ccc(Br)o2)cc1. The summed E-state index contributed by atoms with van der Waals surface area (Å²) >= 11 is 3.17. The summed E-state index contributed by atoms with van der Waals surface area (Å²) in [5.41, 5.74) is 0.934. The molecular formula is C13H11BrO3. The molecule has 0 aliphatic heterocycles. The third-order valence-corrected chi connectivity index (χ3v) is 2.80. The molecule has 0 spiro atoms. The van der Waals surface area contributed by atoms with Crippen molar-refractivity contribution in [3.05, 3.63) is 52.4 Å². The number of Topliss-reactive ketones (excluding diaryl/α,β-unsaturated/α-hetero) is 1. The largest absolute Gasteiger partial charge is 0.497 e. The zero-order chi connectivity index (χ0) is 12.3. The highest BCUT2D eigenvalue weighted by atomic mass is 79.9. The fourth-order valence-electron chi connectivity index (χ4n) is 1.48. The van der Waals surface area contributed by atoms with Crippen molar-refractivity contribution >= 4 is 21.7 Å². The molecule has 0 aliphatic rings. The maximum atomic E-state index is 11.8. The van der Waals surface area contributed by atoms with Crippen LogP contribution in [0.5, 0.6) is 5.75 Å². The van der Waals surface area contributed by atoms with Gasteiger partial charge in [-0.3, -0.25) is 4.79 Å². The van der Waals surface area contributed by atoms with Gasteiger partial charge in [0.2, 0.25) is 5.78 Å². The van der Waals surface area contributed by atoms with E-state index in [9.17, 15) is 4.79 Å². The predicted octanol–water partition coefficient (Wildman–Crippen LogP) is 3.48. The number of benzene rings is 1. The highest BCUT2D eigenvalue weighted by molar-refractivity contribution is 9.10. The van der Waals surface area contributed by atoms with Gasteiger partial charge in [-0.25, -0.2) is 0 Å². The molecule has 0 N–H and O–H groups in total. The molecule has 0 aliphatic carbocycles. The van der Waals surface area contributed by atoms with E-state index in [0.717, 1.165) is 11.3 Å². The number of halogens is 1. The number of furan rings is 1. The van der Waals surface area contributed by atoms with Crippen LogP contribution in [0, 0.1) is 0 Å². The van der Waals surface area contributed by atoms with Gasteiger partial charge in [-0.15, -0.1) is 0 Å². The Morgan fingerprint density at radius 1 is 1.24 bits per heavy atom. The predicted molar refractivity (Wildman–Crippen MR) is 67.4 cm³/mol. The highest BCUT2D eigenvalue weighted by Crippen LogP contribution is 2.17. The van der Waals surface area contributed by atoms with E-state index in [0.29, 0.717) is 16.9 Å². The van der Waals surface area contributed by atoms with Crippen molar-refractivity contribution in [3.63, 3.8) is 0 Å². The van der Waals surface area contributed by atoms with Gasteiger partial charge in [0.05, 0.1) is 7.11 Å². The standard InChI is InChI=1S/C13H11BrO3/c1-16-10-4-2-9(3-5-10)8-11(15)12-6-7-13(14)17-12/h2-7H,8H2,1H3. The van der Waals surface area contributed by atoms with Crippen molar-refractivity contribution in [3.8, 4) is 5.75 Å². The molecule has 0 bridgehead atoms. The second-order valence-corrected chi connectivity index (χ2v) is 4.33. The average Bonchev–Trinajstić information content (AvgIpc) is 2.77. The number of hydrogen-bond acceptors (Lipinski definition) is 3. The molecule has 1 aromatic carbocycles. The Hall–Kier alpha value is -1.55. The first-order chi connectivity index (χ1) is 8.19. The minimum Gasteiger partial charge on any atom is -0.497 e. The first kappa shape index (κ1) is 11.9. The molecule has 0 fully saturated rings. The first-order valence-corrected chi connectivity index (χ1v) is 5.90. The zero-order valence-corrected chi connectivity index (χ0v) is 10.9. The van der Waals surface area contributed by atoms with E-state index >= 15 is 0 Å². The lowest BCUT2D eigenvalue weighted by atomic mass is 10.1. The maximum Gasteiger partial charge on any atom is 0.202 e. The van der Waals surface area contributed by atoms with Gasteiger partial charge in [-0.2, -0.15) is 0 Å². The van der Waals surface area contributed by atoms with E-state index in [2.05, 4.69) is 15.9 Å². The molecule has 0 atom stereocenters. The van der Waals surface area contributed by atoms with Crippen molar-refractivity contribution in [2.75, 3.05) is 7.11 Å². The minimum atomic E-state index is -0.0409. The summed E-state index contributed by atoms with van der Waals surface area (Å²) in [6.07, 6.45) is 0.323. The van der Waals surface area contributed by atoms with Crippen molar-refractivity contribution < 1.29 is 13.9 Å². The van der Waals surface area contributed by atoms with E-state index in [1.165, 1.54) is 0 Å². The minimum absolute atomic E-state index is 0.0409.